The molecule has 1 atom stereocenters. The highest BCUT2D eigenvalue weighted by Crippen LogP contribution is 2.18. The zero-order valence-corrected chi connectivity index (χ0v) is 12.3. The minimum Gasteiger partial charge on any atom is -0.368 e. The van der Waals surface area contributed by atoms with Crippen LogP contribution in [0.5, 0.6) is 0 Å². The van der Waals surface area contributed by atoms with E-state index in [0.29, 0.717) is 17.3 Å². The van der Waals surface area contributed by atoms with Gasteiger partial charge in [0.2, 0.25) is 5.91 Å². The zero-order valence-electron chi connectivity index (χ0n) is 11.5. The molecule has 7 nitrogen and oxygen atoms in total. The van der Waals surface area contributed by atoms with Gasteiger partial charge in [-0.2, -0.15) is 0 Å². The molecule has 19 heavy (non-hydrogen) atoms. The second-order valence-corrected chi connectivity index (χ2v) is 5.65. The van der Waals surface area contributed by atoms with Crippen molar-refractivity contribution >= 4 is 17.7 Å². The van der Waals surface area contributed by atoms with Crippen LogP contribution >= 0.6 is 11.8 Å². The van der Waals surface area contributed by atoms with E-state index in [1.807, 2.05) is 6.92 Å². The van der Waals surface area contributed by atoms with E-state index in [9.17, 15) is 9.59 Å². The van der Waals surface area contributed by atoms with Gasteiger partial charge in [0.1, 0.15) is 0 Å². The van der Waals surface area contributed by atoms with Crippen LogP contribution in [0, 0.1) is 0 Å². The van der Waals surface area contributed by atoms with E-state index in [0.717, 1.165) is 13.0 Å². The van der Waals surface area contributed by atoms with E-state index < -0.39 is 5.54 Å². The summed E-state index contributed by atoms with van der Waals surface area (Å²) in [6.07, 6.45) is 1.51. The summed E-state index contributed by atoms with van der Waals surface area (Å²) in [5, 5.41) is 10.0. The van der Waals surface area contributed by atoms with Crippen LogP contribution in [0.2, 0.25) is 0 Å². The van der Waals surface area contributed by atoms with E-state index in [1.165, 1.54) is 16.3 Å². The summed E-state index contributed by atoms with van der Waals surface area (Å²) in [7, 11) is 1.65. The van der Waals surface area contributed by atoms with Gasteiger partial charge < -0.3 is 11.1 Å². The molecular weight excluding hydrogens is 266 g/mol. The first-order valence-electron chi connectivity index (χ1n) is 6.20. The number of nitrogens with one attached hydrogen (secondary N) is 2. The minimum atomic E-state index is -0.724. The summed E-state index contributed by atoms with van der Waals surface area (Å²) in [4.78, 5) is 22.7. The Morgan fingerprint density at radius 2 is 2.32 bits per heavy atom. The van der Waals surface area contributed by atoms with Crippen molar-refractivity contribution in [3.8, 4) is 0 Å². The maximum atomic E-state index is 11.5. The quantitative estimate of drug-likeness (QED) is 0.576. The lowest BCUT2D eigenvalue weighted by Gasteiger charge is -2.27. The fraction of sp³-hybridized carbons (Fsp3) is 0.727. The highest BCUT2D eigenvalue weighted by atomic mass is 32.2. The molecule has 0 bridgehead atoms. The molecule has 1 aromatic rings. The molecule has 0 saturated carbocycles. The normalized spacial score (nSPS) is 14.3. The predicted molar refractivity (Wildman–Crippen MR) is 75.1 cm³/mol. The van der Waals surface area contributed by atoms with Crippen LogP contribution in [0.1, 0.15) is 26.7 Å². The molecule has 0 radical (unpaired) electrons. The Balaban J connectivity index is 2.55. The number of carbonyl (C=O) groups excluding carboxylic acids is 1. The molecule has 1 heterocycles. The van der Waals surface area contributed by atoms with Crippen molar-refractivity contribution in [3.05, 3.63) is 10.5 Å². The number of primary amides is 1. The molecule has 1 aromatic heterocycles. The molecule has 0 spiro atoms. The number of aromatic nitrogens is 3. The number of hydrogen-bond acceptors (Lipinski definition) is 5. The molecule has 4 N–H and O–H groups in total. The molecule has 0 aromatic carbocycles. The minimum absolute atomic E-state index is 0.246. The fourth-order valence-corrected chi connectivity index (χ4v) is 2.59. The van der Waals surface area contributed by atoms with Crippen molar-refractivity contribution in [2.75, 3.05) is 12.3 Å². The number of carbonyl (C=O) groups is 1. The summed E-state index contributed by atoms with van der Waals surface area (Å²) < 4.78 is 1.44. The van der Waals surface area contributed by atoms with E-state index in [4.69, 9.17) is 5.73 Å². The smallest absolute Gasteiger partial charge is 0.343 e. The first-order chi connectivity index (χ1) is 8.90. The van der Waals surface area contributed by atoms with Crippen molar-refractivity contribution in [2.24, 2.45) is 12.8 Å². The van der Waals surface area contributed by atoms with Crippen LogP contribution in [0.25, 0.3) is 0 Å². The standard InChI is InChI=1S/C11H21N5O2S/c1-4-6-13-11(2,8(12)17)5-7-19-10-15-14-9(18)16(10)3/h13H,4-7H2,1-3H3,(H2,12,17)(H,14,18). The molecule has 1 unspecified atom stereocenters. The molecule has 8 heteroatoms. The first-order valence-corrected chi connectivity index (χ1v) is 7.18. The third kappa shape index (κ3) is 4.10. The maximum Gasteiger partial charge on any atom is 0.343 e. The number of hydrogen-bond donors (Lipinski definition) is 3. The summed E-state index contributed by atoms with van der Waals surface area (Å²) in [6.45, 7) is 4.57. The Bertz CT molecular complexity index is 484. The fourth-order valence-electron chi connectivity index (χ4n) is 1.51. The molecule has 108 valence electrons. The summed E-state index contributed by atoms with van der Waals surface area (Å²) in [5.74, 6) is 0.284. The summed E-state index contributed by atoms with van der Waals surface area (Å²) in [5.41, 5.74) is 4.47. The van der Waals surface area contributed by atoms with Crippen LogP contribution in [-0.2, 0) is 11.8 Å². The lowest BCUT2D eigenvalue weighted by Crippen LogP contribution is -2.53. The van der Waals surface area contributed by atoms with Crippen LogP contribution in [0.4, 0.5) is 0 Å². The zero-order chi connectivity index (χ0) is 14.5. The third-order valence-corrected chi connectivity index (χ3v) is 4.01. The number of nitrogens with zero attached hydrogens (tertiary/aromatic N) is 2. The van der Waals surface area contributed by atoms with Crippen molar-refractivity contribution in [3.63, 3.8) is 0 Å². The van der Waals surface area contributed by atoms with E-state index in [1.54, 1.807) is 14.0 Å². The third-order valence-electron chi connectivity index (χ3n) is 2.98. The Kier molecular flexibility index (Phi) is 5.61. The highest BCUT2D eigenvalue weighted by Gasteiger charge is 2.29. The Hall–Kier alpha value is -1.28. The van der Waals surface area contributed by atoms with Gasteiger partial charge in [-0.15, -0.1) is 5.10 Å². The van der Waals surface area contributed by atoms with Gasteiger partial charge in [-0.3, -0.25) is 9.36 Å². The Labute approximate surface area is 116 Å². The SMILES string of the molecule is CCCNC(C)(CCSc1n[nH]c(=O)n1C)C(N)=O. The first kappa shape index (κ1) is 15.8. The maximum absolute atomic E-state index is 11.5. The van der Waals surface area contributed by atoms with Crippen LogP contribution in [-0.4, -0.2) is 38.5 Å². The highest BCUT2D eigenvalue weighted by molar-refractivity contribution is 7.99. The second kappa shape index (κ2) is 6.76. The number of amides is 1. The number of nitrogens with two attached hydrogens (primary N) is 1. The summed E-state index contributed by atoms with van der Waals surface area (Å²) in [6, 6.07) is 0. The molecule has 0 aliphatic rings. The molecule has 1 amide bonds. The van der Waals surface area contributed by atoms with Gasteiger partial charge in [0.15, 0.2) is 5.16 Å². The van der Waals surface area contributed by atoms with Crippen molar-refractivity contribution < 1.29 is 4.79 Å². The predicted octanol–water partition coefficient (Wildman–Crippen LogP) is -0.166. The molecular formula is C11H21N5O2S. The monoisotopic (exact) mass is 287 g/mol. The number of rotatable bonds is 8. The van der Waals surface area contributed by atoms with E-state index in [2.05, 4.69) is 15.5 Å². The van der Waals surface area contributed by atoms with Crippen molar-refractivity contribution in [2.45, 2.75) is 37.4 Å². The van der Waals surface area contributed by atoms with Crippen molar-refractivity contribution in [1.82, 2.24) is 20.1 Å². The average Bonchev–Trinajstić information content (AvgIpc) is 2.68. The Morgan fingerprint density at radius 1 is 1.63 bits per heavy atom. The summed E-state index contributed by atoms with van der Waals surface area (Å²) >= 11 is 1.42. The van der Waals surface area contributed by atoms with Gasteiger partial charge in [-0.05, 0) is 26.3 Å². The van der Waals surface area contributed by atoms with Gasteiger partial charge in [-0.1, -0.05) is 18.7 Å². The lowest BCUT2D eigenvalue weighted by molar-refractivity contribution is -0.123. The Morgan fingerprint density at radius 3 is 2.79 bits per heavy atom. The molecule has 0 fully saturated rings. The number of H-pyrrole nitrogens is 1. The molecule has 1 rings (SSSR count). The molecule has 0 saturated heterocycles. The van der Waals surface area contributed by atoms with Gasteiger partial charge in [0.05, 0.1) is 5.54 Å². The van der Waals surface area contributed by atoms with Gasteiger partial charge >= 0.3 is 5.69 Å². The number of aromatic amines is 1. The van der Waals surface area contributed by atoms with Gasteiger partial charge in [-0.25, -0.2) is 9.89 Å². The lowest BCUT2D eigenvalue weighted by atomic mass is 9.98. The average molecular weight is 287 g/mol. The van der Waals surface area contributed by atoms with E-state index >= 15 is 0 Å². The van der Waals surface area contributed by atoms with E-state index in [-0.39, 0.29) is 11.6 Å². The second-order valence-electron chi connectivity index (χ2n) is 4.59. The number of thioether (sulfide) groups is 1. The van der Waals surface area contributed by atoms with Crippen LogP contribution in [0.3, 0.4) is 0 Å². The molecule has 0 aliphatic heterocycles. The van der Waals surface area contributed by atoms with Crippen molar-refractivity contribution in [1.29, 1.82) is 0 Å². The molecule has 0 aliphatic carbocycles. The van der Waals surface area contributed by atoms with Gasteiger partial charge in [0.25, 0.3) is 0 Å². The topological polar surface area (TPSA) is 106 Å². The van der Waals surface area contributed by atoms with Gasteiger partial charge in [0, 0.05) is 12.8 Å². The van der Waals surface area contributed by atoms with Crippen LogP contribution in [0.15, 0.2) is 9.95 Å². The van der Waals surface area contributed by atoms with Crippen LogP contribution < -0.4 is 16.7 Å². The largest absolute Gasteiger partial charge is 0.368 e.